The van der Waals surface area contributed by atoms with Gasteiger partial charge in [-0.15, -0.1) is 0 Å². The summed E-state index contributed by atoms with van der Waals surface area (Å²) in [6.07, 6.45) is 0.720. The van der Waals surface area contributed by atoms with E-state index in [1.807, 2.05) is 6.07 Å². The molecule has 1 rings (SSSR count). The molecule has 0 spiro atoms. The van der Waals surface area contributed by atoms with Gasteiger partial charge in [0.05, 0.1) is 0 Å². The van der Waals surface area contributed by atoms with Gasteiger partial charge in [-0.1, -0.05) is 0 Å². The molecule has 0 fully saturated rings. The van der Waals surface area contributed by atoms with Crippen molar-refractivity contribution < 1.29 is 9.50 Å². The first-order chi connectivity index (χ1) is 9.37. The Kier molecular flexibility index (Phi) is 6.43. The molecule has 0 aliphatic heterocycles. The molecule has 0 amide bonds. The SMILES string of the molecule is CCN(CCCO)c1ccc(F)cc1CNC(C)(C)C. The number of rotatable bonds is 7. The largest absolute Gasteiger partial charge is 0.396 e. The molecule has 0 saturated carbocycles. The van der Waals surface area contributed by atoms with Gasteiger partial charge in [-0.2, -0.15) is 0 Å². The Hall–Kier alpha value is -1.13. The molecule has 0 saturated heterocycles. The average molecular weight is 282 g/mol. The summed E-state index contributed by atoms with van der Waals surface area (Å²) < 4.78 is 13.5. The summed E-state index contributed by atoms with van der Waals surface area (Å²) in [5, 5.41) is 12.4. The molecule has 0 atom stereocenters. The third-order valence-corrected chi connectivity index (χ3v) is 3.16. The highest BCUT2D eigenvalue weighted by atomic mass is 19.1. The number of nitrogens with one attached hydrogen (secondary N) is 1. The van der Waals surface area contributed by atoms with E-state index in [0.717, 1.165) is 30.8 Å². The Bertz CT molecular complexity index is 415. The zero-order valence-corrected chi connectivity index (χ0v) is 13.0. The van der Waals surface area contributed by atoms with Crippen molar-refractivity contribution in [1.82, 2.24) is 5.32 Å². The van der Waals surface area contributed by atoms with Crippen molar-refractivity contribution in [2.45, 2.75) is 46.2 Å². The van der Waals surface area contributed by atoms with Crippen LogP contribution in [-0.2, 0) is 6.54 Å². The summed E-state index contributed by atoms with van der Waals surface area (Å²) in [4.78, 5) is 2.18. The van der Waals surface area contributed by atoms with Crippen LogP contribution in [0, 0.1) is 5.82 Å². The molecule has 1 aromatic rings. The highest BCUT2D eigenvalue weighted by molar-refractivity contribution is 5.53. The Balaban J connectivity index is 2.93. The first kappa shape index (κ1) is 16.9. The van der Waals surface area contributed by atoms with Crippen molar-refractivity contribution in [2.75, 3.05) is 24.6 Å². The van der Waals surface area contributed by atoms with Gasteiger partial charge in [-0.3, -0.25) is 0 Å². The standard InChI is InChI=1S/C16H27FN2O/c1-5-19(9-6-10-20)15-8-7-14(17)11-13(15)12-18-16(2,3)4/h7-8,11,18,20H,5-6,9-10,12H2,1-4H3. The van der Waals surface area contributed by atoms with Crippen LogP contribution in [0.25, 0.3) is 0 Å². The molecule has 0 aromatic heterocycles. The van der Waals surface area contributed by atoms with E-state index in [4.69, 9.17) is 5.11 Å². The van der Waals surface area contributed by atoms with Crippen LogP contribution in [0.15, 0.2) is 18.2 Å². The Morgan fingerprint density at radius 3 is 2.55 bits per heavy atom. The maximum atomic E-state index is 13.5. The van der Waals surface area contributed by atoms with Crippen molar-refractivity contribution in [3.05, 3.63) is 29.6 Å². The maximum absolute atomic E-state index is 13.5. The van der Waals surface area contributed by atoms with Crippen LogP contribution in [0.1, 0.15) is 39.7 Å². The molecule has 1 aromatic carbocycles. The van der Waals surface area contributed by atoms with Crippen LogP contribution in [0.3, 0.4) is 0 Å². The van der Waals surface area contributed by atoms with Gasteiger partial charge >= 0.3 is 0 Å². The first-order valence-corrected chi connectivity index (χ1v) is 7.26. The molecule has 0 heterocycles. The molecule has 114 valence electrons. The monoisotopic (exact) mass is 282 g/mol. The zero-order chi connectivity index (χ0) is 15.2. The smallest absolute Gasteiger partial charge is 0.123 e. The van der Waals surface area contributed by atoms with Gasteiger partial charge in [0.2, 0.25) is 0 Å². The lowest BCUT2D eigenvalue weighted by molar-refractivity contribution is 0.289. The van der Waals surface area contributed by atoms with Gasteiger partial charge in [0.15, 0.2) is 0 Å². The lowest BCUT2D eigenvalue weighted by Crippen LogP contribution is -2.36. The molecule has 0 aliphatic carbocycles. The molecule has 2 N–H and O–H groups in total. The number of halogens is 1. The molecule has 0 bridgehead atoms. The van der Waals surface area contributed by atoms with E-state index in [9.17, 15) is 4.39 Å². The minimum atomic E-state index is -0.210. The van der Waals surface area contributed by atoms with Gasteiger partial charge in [-0.25, -0.2) is 4.39 Å². The van der Waals surface area contributed by atoms with Gasteiger partial charge < -0.3 is 15.3 Å². The first-order valence-electron chi connectivity index (χ1n) is 7.26. The third kappa shape index (κ3) is 5.47. The lowest BCUT2D eigenvalue weighted by Gasteiger charge is -2.27. The predicted octanol–water partition coefficient (Wildman–Crippen LogP) is 2.92. The number of aliphatic hydroxyl groups is 1. The van der Waals surface area contributed by atoms with E-state index in [2.05, 4.69) is 37.9 Å². The van der Waals surface area contributed by atoms with Gasteiger partial charge in [0.1, 0.15) is 5.82 Å². The van der Waals surface area contributed by atoms with E-state index < -0.39 is 0 Å². The number of benzene rings is 1. The van der Waals surface area contributed by atoms with Crippen molar-refractivity contribution in [2.24, 2.45) is 0 Å². The fourth-order valence-corrected chi connectivity index (χ4v) is 2.08. The van der Waals surface area contributed by atoms with Crippen molar-refractivity contribution >= 4 is 5.69 Å². The highest BCUT2D eigenvalue weighted by Crippen LogP contribution is 2.22. The van der Waals surface area contributed by atoms with E-state index in [-0.39, 0.29) is 18.0 Å². The normalized spacial score (nSPS) is 11.7. The van der Waals surface area contributed by atoms with Crippen LogP contribution in [-0.4, -0.2) is 30.3 Å². The number of hydrogen-bond donors (Lipinski definition) is 2. The second-order valence-corrected chi connectivity index (χ2v) is 6.03. The minimum Gasteiger partial charge on any atom is -0.396 e. The summed E-state index contributed by atoms with van der Waals surface area (Å²) >= 11 is 0. The van der Waals surface area contributed by atoms with Gasteiger partial charge in [0, 0.05) is 37.5 Å². The number of anilines is 1. The molecule has 0 unspecified atom stereocenters. The second kappa shape index (κ2) is 7.60. The van der Waals surface area contributed by atoms with E-state index in [0.29, 0.717) is 6.54 Å². The zero-order valence-electron chi connectivity index (χ0n) is 13.0. The Morgan fingerprint density at radius 2 is 2.00 bits per heavy atom. The second-order valence-electron chi connectivity index (χ2n) is 6.03. The van der Waals surface area contributed by atoms with Crippen LogP contribution in [0.5, 0.6) is 0 Å². The summed E-state index contributed by atoms with van der Waals surface area (Å²) in [5.74, 6) is -0.210. The summed E-state index contributed by atoms with van der Waals surface area (Å²) in [5.41, 5.74) is 1.99. The molecule has 0 radical (unpaired) electrons. The summed E-state index contributed by atoms with van der Waals surface area (Å²) in [6, 6.07) is 4.92. The molecular weight excluding hydrogens is 255 g/mol. The molecule has 0 aliphatic rings. The highest BCUT2D eigenvalue weighted by Gasteiger charge is 2.14. The molecule has 4 heteroatoms. The van der Waals surface area contributed by atoms with Gasteiger partial charge in [-0.05, 0) is 57.9 Å². The Labute approximate surface area is 121 Å². The van der Waals surface area contributed by atoms with Gasteiger partial charge in [0.25, 0.3) is 0 Å². The van der Waals surface area contributed by atoms with E-state index in [1.54, 1.807) is 6.07 Å². The van der Waals surface area contributed by atoms with Crippen LogP contribution < -0.4 is 10.2 Å². The average Bonchev–Trinajstić information content (AvgIpc) is 2.38. The topological polar surface area (TPSA) is 35.5 Å². The van der Waals surface area contributed by atoms with E-state index in [1.165, 1.54) is 6.07 Å². The number of hydrogen-bond acceptors (Lipinski definition) is 3. The molecule has 20 heavy (non-hydrogen) atoms. The summed E-state index contributed by atoms with van der Waals surface area (Å²) in [6.45, 7) is 10.8. The van der Waals surface area contributed by atoms with Crippen molar-refractivity contribution in [1.29, 1.82) is 0 Å². The van der Waals surface area contributed by atoms with Crippen molar-refractivity contribution in [3.8, 4) is 0 Å². The van der Waals surface area contributed by atoms with Crippen molar-refractivity contribution in [3.63, 3.8) is 0 Å². The fourth-order valence-electron chi connectivity index (χ4n) is 2.08. The fraction of sp³-hybridized carbons (Fsp3) is 0.625. The van der Waals surface area contributed by atoms with Crippen LogP contribution in [0.2, 0.25) is 0 Å². The Morgan fingerprint density at radius 1 is 1.30 bits per heavy atom. The van der Waals surface area contributed by atoms with Crippen LogP contribution in [0.4, 0.5) is 10.1 Å². The van der Waals surface area contributed by atoms with E-state index >= 15 is 0 Å². The predicted molar refractivity (Wildman–Crippen MR) is 82.6 cm³/mol. The third-order valence-electron chi connectivity index (χ3n) is 3.16. The minimum absolute atomic E-state index is 0.00820. The van der Waals surface area contributed by atoms with Crippen LogP contribution >= 0.6 is 0 Å². The quantitative estimate of drug-likeness (QED) is 0.807. The summed E-state index contributed by atoms with van der Waals surface area (Å²) in [7, 11) is 0. The lowest BCUT2D eigenvalue weighted by atomic mass is 10.1. The maximum Gasteiger partial charge on any atom is 0.123 e. The molecule has 3 nitrogen and oxygen atoms in total. The molecular formula is C16H27FN2O. The number of nitrogens with zero attached hydrogens (tertiary/aromatic N) is 1. The number of aliphatic hydroxyl groups excluding tert-OH is 1.